The second-order valence-electron chi connectivity index (χ2n) is 1.87. The van der Waals surface area contributed by atoms with Crippen molar-refractivity contribution in [2.45, 2.75) is 17.9 Å². The van der Waals surface area contributed by atoms with Crippen molar-refractivity contribution in [3.8, 4) is 0 Å². The van der Waals surface area contributed by atoms with E-state index < -0.39 is 12.1 Å². The third-order valence-corrected chi connectivity index (χ3v) is 1.45. The highest BCUT2D eigenvalue weighted by atomic mass is 79.9. The molecule has 0 spiro atoms. The molecule has 0 fully saturated rings. The van der Waals surface area contributed by atoms with E-state index in [2.05, 4.69) is 15.9 Å². The number of carbonyl (C=O) groups is 1. The average molecular weight is 209 g/mol. The van der Waals surface area contributed by atoms with Gasteiger partial charge in [0, 0.05) is 10.9 Å². The van der Waals surface area contributed by atoms with Crippen LogP contribution in [0.25, 0.3) is 0 Å². The van der Waals surface area contributed by atoms with Crippen LogP contribution in [0.3, 0.4) is 0 Å². The summed E-state index contributed by atoms with van der Waals surface area (Å²) in [5.41, 5.74) is 0. The normalized spacial score (nSPS) is 17.1. The molecule has 3 nitrogen and oxygen atoms in total. The third kappa shape index (κ3) is 4.52. The minimum atomic E-state index is -1.05. The molecule has 0 bridgehead atoms. The number of halogens is 1. The lowest BCUT2D eigenvalue weighted by atomic mass is 10.2. The quantitative estimate of drug-likeness (QED) is 0.533. The fourth-order valence-electron chi connectivity index (χ4n) is 0.334. The highest BCUT2D eigenvalue weighted by Crippen LogP contribution is 2.04. The summed E-state index contributed by atoms with van der Waals surface area (Å²) in [6, 6.07) is 0. The molecule has 0 saturated carbocycles. The van der Waals surface area contributed by atoms with Crippen LogP contribution in [-0.2, 0) is 4.79 Å². The molecule has 2 N–H and O–H groups in total. The number of aliphatic carboxylic acids is 1. The molecule has 0 amide bonds. The smallest absolute Gasteiger partial charge is 0.328 e. The van der Waals surface area contributed by atoms with Gasteiger partial charge in [-0.25, -0.2) is 4.79 Å². The van der Waals surface area contributed by atoms with E-state index in [9.17, 15) is 4.79 Å². The zero-order valence-electron chi connectivity index (χ0n) is 5.49. The monoisotopic (exact) mass is 208 g/mol. The van der Waals surface area contributed by atoms with Gasteiger partial charge in [-0.2, -0.15) is 0 Å². The summed E-state index contributed by atoms with van der Waals surface area (Å²) in [5, 5.41) is 17.1. The van der Waals surface area contributed by atoms with E-state index in [0.717, 1.165) is 6.08 Å². The lowest BCUT2D eigenvalue weighted by Crippen LogP contribution is -2.13. The number of rotatable bonds is 3. The van der Waals surface area contributed by atoms with Crippen LogP contribution >= 0.6 is 15.9 Å². The largest absolute Gasteiger partial charge is 0.478 e. The number of carboxylic acid groups (broad SMARTS) is 1. The van der Waals surface area contributed by atoms with E-state index in [-0.39, 0.29) is 4.83 Å². The van der Waals surface area contributed by atoms with Crippen molar-refractivity contribution in [3.05, 3.63) is 12.2 Å². The Morgan fingerprint density at radius 2 is 2.20 bits per heavy atom. The topological polar surface area (TPSA) is 57.5 Å². The molecule has 0 heterocycles. The molecule has 2 atom stereocenters. The molecular weight excluding hydrogens is 200 g/mol. The Balaban J connectivity index is 3.77. The Hall–Kier alpha value is -0.350. The van der Waals surface area contributed by atoms with Crippen molar-refractivity contribution >= 4 is 21.9 Å². The predicted molar refractivity (Wildman–Crippen MR) is 41.2 cm³/mol. The molecule has 4 heteroatoms. The molecule has 0 aliphatic heterocycles. The Kier molecular flexibility index (Phi) is 4.31. The zero-order chi connectivity index (χ0) is 8.15. The van der Waals surface area contributed by atoms with Gasteiger partial charge < -0.3 is 10.2 Å². The van der Waals surface area contributed by atoms with Crippen molar-refractivity contribution in [1.29, 1.82) is 0 Å². The van der Waals surface area contributed by atoms with Crippen molar-refractivity contribution in [2.24, 2.45) is 0 Å². The Morgan fingerprint density at radius 1 is 1.70 bits per heavy atom. The lowest BCUT2D eigenvalue weighted by Gasteiger charge is -2.05. The minimum Gasteiger partial charge on any atom is -0.478 e. The van der Waals surface area contributed by atoms with Crippen molar-refractivity contribution in [1.82, 2.24) is 0 Å². The van der Waals surface area contributed by atoms with Crippen LogP contribution in [0.4, 0.5) is 0 Å². The molecule has 2 unspecified atom stereocenters. The van der Waals surface area contributed by atoms with Gasteiger partial charge in [-0.15, -0.1) is 0 Å². The van der Waals surface area contributed by atoms with Gasteiger partial charge in [0.15, 0.2) is 0 Å². The second kappa shape index (κ2) is 4.46. The van der Waals surface area contributed by atoms with Crippen LogP contribution in [0, 0.1) is 0 Å². The Labute approximate surface area is 67.5 Å². The first kappa shape index (κ1) is 9.65. The number of aliphatic hydroxyl groups is 1. The molecule has 10 heavy (non-hydrogen) atoms. The summed E-state index contributed by atoms with van der Waals surface area (Å²) in [7, 11) is 0. The van der Waals surface area contributed by atoms with Gasteiger partial charge in [0.2, 0.25) is 0 Å². The molecule has 0 aromatic carbocycles. The molecule has 0 radical (unpaired) electrons. The molecular formula is C6H9BrO3. The van der Waals surface area contributed by atoms with E-state index in [1.54, 1.807) is 6.92 Å². The van der Waals surface area contributed by atoms with Gasteiger partial charge >= 0.3 is 5.97 Å². The first-order chi connectivity index (χ1) is 4.54. The van der Waals surface area contributed by atoms with Gasteiger partial charge in [-0.05, 0) is 13.0 Å². The standard InChI is InChI=1S/C6H9BrO3/c1-4(7)5(8)2-3-6(9)10/h2-5,8H,1H3,(H,9,10)/b3-2+. The Bertz CT molecular complexity index is 142. The van der Waals surface area contributed by atoms with Gasteiger partial charge in [-0.3, -0.25) is 0 Å². The third-order valence-electron chi connectivity index (χ3n) is 0.907. The van der Waals surface area contributed by atoms with Gasteiger partial charge in [0.05, 0.1) is 6.10 Å². The summed E-state index contributed by atoms with van der Waals surface area (Å²) in [5.74, 6) is -1.05. The maximum Gasteiger partial charge on any atom is 0.328 e. The van der Waals surface area contributed by atoms with Crippen LogP contribution < -0.4 is 0 Å². The summed E-state index contributed by atoms with van der Waals surface area (Å²) >= 11 is 3.10. The SMILES string of the molecule is CC(Br)C(O)/C=C/C(=O)O. The van der Waals surface area contributed by atoms with Gasteiger partial charge in [-0.1, -0.05) is 15.9 Å². The van der Waals surface area contributed by atoms with E-state index in [0.29, 0.717) is 0 Å². The second-order valence-corrected chi connectivity index (χ2v) is 3.31. The van der Waals surface area contributed by atoms with E-state index >= 15 is 0 Å². The molecule has 0 rings (SSSR count). The number of alkyl halides is 1. The maximum absolute atomic E-state index is 9.91. The lowest BCUT2D eigenvalue weighted by molar-refractivity contribution is -0.131. The molecule has 0 aliphatic rings. The summed E-state index contributed by atoms with van der Waals surface area (Å²) in [6.07, 6.45) is 1.40. The number of carboxylic acids is 1. The van der Waals surface area contributed by atoms with Crippen molar-refractivity contribution in [3.63, 3.8) is 0 Å². The van der Waals surface area contributed by atoms with E-state index in [1.807, 2.05) is 0 Å². The van der Waals surface area contributed by atoms with Crippen molar-refractivity contribution < 1.29 is 15.0 Å². The van der Waals surface area contributed by atoms with Crippen molar-refractivity contribution in [2.75, 3.05) is 0 Å². The van der Waals surface area contributed by atoms with Gasteiger partial charge in [0.25, 0.3) is 0 Å². The molecule has 58 valence electrons. The maximum atomic E-state index is 9.91. The number of hydrogen-bond acceptors (Lipinski definition) is 2. The van der Waals surface area contributed by atoms with Crippen LogP contribution in [0.5, 0.6) is 0 Å². The Morgan fingerprint density at radius 3 is 2.50 bits per heavy atom. The van der Waals surface area contributed by atoms with Crippen LogP contribution in [0.2, 0.25) is 0 Å². The first-order valence-corrected chi connectivity index (χ1v) is 3.69. The number of aliphatic hydroxyl groups excluding tert-OH is 1. The van der Waals surface area contributed by atoms with E-state index in [1.165, 1.54) is 6.08 Å². The molecule has 0 saturated heterocycles. The molecule has 0 aliphatic carbocycles. The minimum absolute atomic E-state index is 0.122. The van der Waals surface area contributed by atoms with Crippen LogP contribution in [-0.4, -0.2) is 27.1 Å². The van der Waals surface area contributed by atoms with Gasteiger partial charge in [0.1, 0.15) is 0 Å². The van der Waals surface area contributed by atoms with E-state index in [4.69, 9.17) is 10.2 Å². The molecule has 0 aromatic rings. The predicted octanol–water partition coefficient (Wildman–Crippen LogP) is 0.771. The summed E-state index contributed by atoms with van der Waals surface area (Å²) < 4.78 is 0. The fourth-order valence-corrected chi connectivity index (χ4v) is 0.510. The van der Waals surface area contributed by atoms with Crippen LogP contribution in [0.1, 0.15) is 6.92 Å². The first-order valence-electron chi connectivity index (χ1n) is 2.77. The molecule has 0 aromatic heterocycles. The number of hydrogen-bond donors (Lipinski definition) is 2. The summed E-state index contributed by atoms with van der Waals surface area (Å²) in [6.45, 7) is 1.73. The fraction of sp³-hybridized carbons (Fsp3) is 0.500. The zero-order valence-corrected chi connectivity index (χ0v) is 7.08. The van der Waals surface area contributed by atoms with Crippen LogP contribution in [0.15, 0.2) is 12.2 Å². The summed E-state index contributed by atoms with van der Waals surface area (Å²) in [4.78, 5) is 9.79. The highest BCUT2D eigenvalue weighted by Gasteiger charge is 2.05. The average Bonchev–Trinajstić information content (AvgIpc) is 1.82. The highest BCUT2D eigenvalue weighted by molar-refractivity contribution is 9.09.